The topological polar surface area (TPSA) is 128 Å². The lowest BCUT2D eigenvalue weighted by Gasteiger charge is -2.31. The third kappa shape index (κ3) is 3.33. The molecule has 2 heterocycles. The fraction of sp³-hybridized carbons (Fsp3) is 0.179. The number of nitrogens with zero attached hydrogens (tertiary/aromatic N) is 2. The number of benzene rings is 3. The van der Waals surface area contributed by atoms with Crippen molar-refractivity contribution in [3.05, 3.63) is 101 Å². The van der Waals surface area contributed by atoms with E-state index < -0.39 is 41.2 Å². The summed E-state index contributed by atoms with van der Waals surface area (Å²) in [4.78, 5) is 53.3. The van der Waals surface area contributed by atoms with E-state index in [-0.39, 0.29) is 11.5 Å². The highest BCUT2D eigenvalue weighted by atomic mass is 16.4. The molecule has 0 spiro atoms. The molecule has 0 bridgehead atoms. The van der Waals surface area contributed by atoms with Crippen molar-refractivity contribution in [1.29, 1.82) is 5.26 Å². The molecule has 0 saturated carbocycles. The molecule has 2 aliphatic rings. The van der Waals surface area contributed by atoms with Gasteiger partial charge in [0.1, 0.15) is 0 Å². The Kier molecular flexibility index (Phi) is 5.50. The zero-order valence-corrected chi connectivity index (χ0v) is 19.2. The second-order valence-electron chi connectivity index (χ2n) is 8.95. The third-order valence-electron chi connectivity index (χ3n) is 7.06. The van der Waals surface area contributed by atoms with Gasteiger partial charge in [-0.3, -0.25) is 19.7 Å². The van der Waals surface area contributed by atoms with Gasteiger partial charge in [-0.05, 0) is 54.4 Å². The van der Waals surface area contributed by atoms with Crippen molar-refractivity contribution in [2.45, 2.75) is 18.5 Å². The Morgan fingerprint density at radius 1 is 0.944 bits per heavy atom. The summed E-state index contributed by atoms with van der Waals surface area (Å²) >= 11 is 0. The van der Waals surface area contributed by atoms with Crippen molar-refractivity contribution >= 4 is 29.3 Å². The number of ketones is 1. The summed E-state index contributed by atoms with van der Waals surface area (Å²) in [5.74, 6) is -4.81. The summed E-state index contributed by atoms with van der Waals surface area (Å²) in [7, 11) is 0. The fourth-order valence-electron chi connectivity index (χ4n) is 5.34. The van der Waals surface area contributed by atoms with Crippen LogP contribution in [-0.2, 0) is 19.9 Å². The lowest BCUT2D eigenvalue weighted by molar-refractivity contribution is -0.149. The minimum Gasteiger partial charge on any atom is -0.480 e. The average Bonchev–Trinajstić information content (AvgIpc) is 3.39. The van der Waals surface area contributed by atoms with E-state index in [0.717, 1.165) is 4.90 Å². The first-order valence-electron chi connectivity index (χ1n) is 11.3. The van der Waals surface area contributed by atoms with Crippen LogP contribution in [0.4, 0.5) is 5.69 Å². The summed E-state index contributed by atoms with van der Waals surface area (Å²) in [5, 5.41) is 22.9. The standard InChI is InChI=1S/C28H21N3O5/c1-16(32)18-11-13-21(14-12-18)31-25(33)22-23(26(31)34)28(27(35)36,20-5-3-2-4-6-20)30-24(22)19-9-7-17(15-29)8-10-19/h2-14,22-24,30H,1H3,(H,35,36). The lowest BCUT2D eigenvalue weighted by Crippen LogP contribution is -2.53. The smallest absolute Gasteiger partial charge is 0.329 e. The van der Waals surface area contributed by atoms with Gasteiger partial charge in [0.25, 0.3) is 0 Å². The predicted molar refractivity (Wildman–Crippen MR) is 129 cm³/mol. The first-order chi connectivity index (χ1) is 17.3. The summed E-state index contributed by atoms with van der Waals surface area (Å²) in [6, 6.07) is 22.2. The van der Waals surface area contributed by atoms with Crippen LogP contribution in [-0.4, -0.2) is 28.7 Å². The molecule has 2 N–H and O–H groups in total. The molecule has 3 aromatic carbocycles. The number of carbonyl (C=O) groups is 4. The largest absolute Gasteiger partial charge is 0.480 e. The van der Waals surface area contributed by atoms with Gasteiger partial charge in [0, 0.05) is 11.6 Å². The Labute approximate surface area is 206 Å². The number of hydrogen-bond donors (Lipinski definition) is 2. The molecule has 0 aliphatic carbocycles. The Hall–Kier alpha value is -4.61. The zero-order chi connectivity index (χ0) is 25.6. The van der Waals surface area contributed by atoms with Crippen molar-refractivity contribution < 1.29 is 24.3 Å². The van der Waals surface area contributed by atoms with E-state index in [2.05, 4.69) is 5.32 Å². The highest BCUT2D eigenvalue weighted by molar-refractivity contribution is 6.24. The number of anilines is 1. The first-order valence-corrected chi connectivity index (χ1v) is 11.3. The molecule has 2 amide bonds. The molecule has 8 heteroatoms. The number of imide groups is 1. The van der Waals surface area contributed by atoms with Gasteiger partial charge >= 0.3 is 5.97 Å². The fourth-order valence-corrected chi connectivity index (χ4v) is 5.34. The molecule has 3 aromatic rings. The summed E-state index contributed by atoms with van der Waals surface area (Å²) in [5.41, 5.74) is 0.221. The molecule has 5 rings (SSSR count). The van der Waals surface area contributed by atoms with E-state index in [0.29, 0.717) is 22.3 Å². The Bertz CT molecular complexity index is 1430. The molecule has 0 aromatic heterocycles. The van der Waals surface area contributed by atoms with Crippen LogP contribution in [0.3, 0.4) is 0 Å². The van der Waals surface area contributed by atoms with Crippen LogP contribution >= 0.6 is 0 Å². The van der Waals surface area contributed by atoms with Crippen molar-refractivity contribution in [2.75, 3.05) is 4.90 Å². The number of fused-ring (bicyclic) bond motifs is 1. The lowest BCUT2D eigenvalue weighted by atomic mass is 9.75. The molecule has 2 saturated heterocycles. The average molecular weight is 479 g/mol. The number of rotatable bonds is 5. The van der Waals surface area contributed by atoms with E-state index in [9.17, 15) is 29.5 Å². The molecule has 2 aliphatic heterocycles. The predicted octanol–water partition coefficient (Wildman–Crippen LogP) is 3.19. The quantitative estimate of drug-likeness (QED) is 0.425. The van der Waals surface area contributed by atoms with E-state index in [1.807, 2.05) is 6.07 Å². The molecule has 4 atom stereocenters. The van der Waals surface area contributed by atoms with Crippen LogP contribution in [0, 0.1) is 23.2 Å². The van der Waals surface area contributed by atoms with Crippen LogP contribution in [0.25, 0.3) is 0 Å². The summed E-state index contributed by atoms with van der Waals surface area (Å²) in [6.45, 7) is 1.42. The van der Waals surface area contributed by atoms with Gasteiger partial charge in [0.2, 0.25) is 11.8 Å². The molecular formula is C28H21N3O5. The van der Waals surface area contributed by atoms with Crippen LogP contribution in [0.1, 0.15) is 40.0 Å². The maximum absolute atomic E-state index is 13.9. The SMILES string of the molecule is CC(=O)c1ccc(N2C(=O)C3C(c4ccc(C#N)cc4)NC(C(=O)O)(c4ccccc4)C3C2=O)cc1. The van der Waals surface area contributed by atoms with Crippen LogP contribution in [0.15, 0.2) is 78.9 Å². The normalized spacial score (nSPS) is 24.9. The molecule has 4 unspecified atom stereocenters. The number of nitrogens with one attached hydrogen (secondary N) is 1. The van der Waals surface area contributed by atoms with Crippen LogP contribution < -0.4 is 10.2 Å². The van der Waals surface area contributed by atoms with Gasteiger partial charge in [-0.2, -0.15) is 5.26 Å². The maximum Gasteiger partial charge on any atom is 0.329 e. The molecule has 8 nitrogen and oxygen atoms in total. The van der Waals surface area contributed by atoms with Gasteiger partial charge < -0.3 is 5.11 Å². The van der Waals surface area contributed by atoms with Crippen molar-refractivity contribution in [2.24, 2.45) is 11.8 Å². The molecule has 178 valence electrons. The van der Waals surface area contributed by atoms with Crippen LogP contribution in [0.5, 0.6) is 0 Å². The highest BCUT2D eigenvalue weighted by Crippen LogP contribution is 2.53. The van der Waals surface area contributed by atoms with Crippen molar-refractivity contribution in [3.8, 4) is 6.07 Å². The van der Waals surface area contributed by atoms with Crippen molar-refractivity contribution in [1.82, 2.24) is 5.32 Å². The second kappa shape index (κ2) is 8.56. The molecular weight excluding hydrogens is 458 g/mol. The summed E-state index contributed by atoms with van der Waals surface area (Å²) < 4.78 is 0. The van der Waals surface area contributed by atoms with Gasteiger partial charge in [-0.15, -0.1) is 0 Å². The maximum atomic E-state index is 13.9. The van der Waals surface area contributed by atoms with Gasteiger partial charge in [-0.25, -0.2) is 9.69 Å². The Balaban J connectivity index is 1.67. The molecule has 36 heavy (non-hydrogen) atoms. The summed E-state index contributed by atoms with van der Waals surface area (Å²) in [6.07, 6.45) is 0. The Morgan fingerprint density at radius 3 is 2.14 bits per heavy atom. The van der Waals surface area contributed by atoms with E-state index in [1.165, 1.54) is 31.2 Å². The number of carbonyl (C=O) groups excluding carboxylic acids is 3. The van der Waals surface area contributed by atoms with Crippen LogP contribution in [0.2, 0.25) is 0 Å². The molecule has 2 fully saturated rings. The van der Waals surface area contributed by atoms with Gasteiger partial charge in [-0.1, -0.05) is 42.5 Å². The number of amides is 2. The number of aliphatic carboxylic acids is 1. The number of nitriles is 1. The number of Topliss-reactive ketones (excluding diaryl/α,β-unsaturated/α-hetero) is 1. The van der Waals surface area contributed by atoms with E-state index in [1.54, 1.807) is 54.6 Å². The Morgan fingerprint density at radius 2 is 1.58 bits per heavy atom. The van der Waals surface area contributed by atoms with Gasteiger partial charge in [0.05, 0.1) is 29.2 Å². The molecule has 0 radical (unpaired) electrons. The zero-order valence-electron chi connectivity index (χ0n) is 19.2. The minimum atomic E-state index is -1.86. The minimum absolute atomic E-state index is 0.156. The number of carboxylic acids is 1. The third-order valence-corrected chi connectivity index (χ3v) is 7.06. The van der Waals surface area contributed by atoms with E-state index >= 15 is 0 Å². The van der Waals surface area contributed by atoms with Crippen molar-refractivity contribution in [3.63, 3.8) is 0 Å². The number of carboxylic acid groups (broad SMARTS) is 1. The number of hydrogen-bond acceptors (Lipinski definition) is 6. The highest BCUT2D eigenvalue weighted by Gasteiger charge is 2.69. The second-order valence-corrected chi connectivity index (χ2v) is 8.95. The first kappa shape index (κ1) is 23.1. The van der Waals surface area contributed by atoms with E-state index in [4.69, 9.17) is 0 Å². The monoisotopic (exact) mass is 479 g/mol. The van der Waals surface area contributed by atoms with Gasteiger partial charge in [0.15, 0.2) is 11.3 Å².